The molecule has 0 atom stereocenters. The molecule has 0 radical (unpaired) electrons. The van der Waals surface area contributed by atoms with Crippen molar-refractivity contribution in [3.63, 3.8) is 0 Å². The average Bonchev–Trinajstić information content (AvgIpc) is 1.87. The summed E-state index contributed by atoms with van der Waals surface area (Å²) in [6.45, 7) is 6.88. The molecule has 0 spiro atoms. The summed E-state index contributed by atoms with van der Waals surface area (Å²) in [6.07, 6.45) is 1.34. The normalized spacial score (nSPS) is 10.4. The summed E-state index contributed by atoms with van der Waals surface area (Å²) in [6, 6.07) is 0.490. The van der Waals surface area contributed by atoms with Crippen LogP contribution in [0, 0.1) is 0 Å². The third-order valence-corrected chi connectivity index (χ3v) is 1.35. The van der Waals surface area contributed by atoms with Crippen molar-refractivity contribution in [1.82, 2.24) is 5.32 Å². The summed E-state index contributed by atoms with van der Waals surface area (Å²) < 4.78 is 0. The molecule has 0 unspecified atom stereocenters. The number of nitrogens with one attached hydrogen (secondary N) is 1. The molecule has 0 amide bonds. The van der Waals surface area contributed by atoms with E-state index in [-0.39, 0.29) is 1.43 Å². The maximum Gasteiger partial charge on any atom is 0.133 e. The second kappa shape index (κ2) is 5.42. The Morgan fingerprint density at radius 3 is 2.60 bits per heavy atom. The van der Waals surface area contributed by atoms with Gasteiger partial charge in [0, 0.05) is 26.9 Å². The zero-order valence-electron chi connectivity index (χ0n) is 7.11. The maximum absolute atomic E-state index is 10.8. The summed E-state index contributed by atoms with van der Waals surface area (Å²) in [5.74, 6) is 0.341. The van der Waals surface area contributed by atoms with Gasteiger partial charge in [0.2, 0.25) is 0 Å². The molecule has 0 fully saturated rings. The quantitative estimate of drug-likeness (QED) is 0.636. The molecule has 0 aromatic rings. The molecule has 0 aliphatic carbocycles. The smallest absolute Gasteiger partial charge is 0.133 e. The van der Waals surface area contributed by atoms with E-state index in [1.54, 1.807) is 0 Å². The fourth-order valence-electron chi connectivity index (χ4n) is 0.677. The third kappa shape index (κ3) is 5.76. The Morgan fingerprint density at radius 1 is 1.60 bits per heavy atom. The van der Waals surface area contributed by atoms with Crippen molar-refractivity contribution >= 4 is 5.78 Å². The highest BCUT2D eigenvalue weighted by Gasteiger charge is 1.97. The summed E-state index contributed by atoms with van der Waals surface area (Å²) in [7, 11) is 0. The molecule has 1 N–H and O–H groups in total. The first-order valence-electron chi connectivity index (χ1n) is 3.92. The summed E-state index contributed by atoms with van der Waals surface area (Å²) in [5, 5.41) is 3.19. The van der Waals surface area contributed by atoms with Gasteiger partial charge < -0.3 is 5.32 Å². The van der Waals surface area contributed by atoms with Crippen LogP contribution >= 0.6 is 0 Å². The number of ketones is 1. The number of hydrogen-bond acceptors (Lipinski definition) is 2. The Kier molecular flexibility index (Phi) is 5.22. The standard InChI is InChI=1S/C8H17NO.H2/c1-4-8(10)5-6-9-7(2)3;/h7,9H,4-6H2,1-3H3;1H. The lowest BCUT2D eigenvalue weighted by atomic mass is 10.2. The Morgan fingerprint density at radius 2 is 2.20 bits per heavy atom. The first-order chi connectivity index (χ1) is 4.66. The van der Waals surface area contributed by atoms with Crippen molar-refractivity contribution in [1.29, 1.82) is 0 Å². The number of carbonyl (C=O) groups excluding carboxylic acids is 1. The van der Waals surface area contributed by atoms with Gasteiger partial charge in [0.15, 0.2) is 0 Å². The van der Waals surface area contributed by atoms with Crippen molar-refractivity contribution in [3.8, 4) is 0 Å². The lowest BCUT2D eigenvalue weighted by molar-refractivity contribution is -0.118. The minimum Gasteiger partial charge on any atom is -0.314 e. The fourth-order valence-corrected chi connectivity index (χ4v) is 0.677. The highest BCUT2D eigenvalue weighted by atomic mass is 16.1. The van der Waals surface area contributed by atoms with Crippen LogP contribution in [0.25, 0.3) is 0 Å². The van der Waals surface area contributed by atoms with Crippen LogP contribution in [0.5, 0.6) is 0 Å². The van der Waals surface area contributed by atoms with Crippen molar-refractivity contribution < 1.29 is 6.22 Å². The van der Waals surface area contributed by atoms with E-state index in [2.05, 4.69) is 19.2 Å². The largest absolute Gasteiger partial charge is 0.314 e. The lowest BCUT2D eigenvalue weighted by Gasteiger charge is -2.05. The van der Waals surface area contributed by atoms with E-state index in [9.17, 15) is 4.79 Å². The van der Waals surface area contributed by atoms with E-state index in [1.807, 2.05) is 6.92 Å². The van der Waals surface area contributed by atoms with Gasteiger partial charge in [-0.2, -0.15) is 0 Å². The van der Waals surface area contributed by atoms with Gasteiger partial charge in [-0.15, -0.1) is 0 Å². The van der Waals surface area contributed by atoms with Crippen LogP contribution in [0.3, 0.4) is 0 Å². The summed E-state index contributed by atoms with van der Waals surface area (Å²) in [4.78, 5) is 10.8. The Bertz CT molecular complexity index is 104. The monoisotopic (exact) mass is 145 g/mol. The zero-order valence-corrected chi connectivity index (χ0v) is 7.11. The van der Waals surface area contributed by atoms with Crippen molar-refractivity contribution in [2.24, 2.45) is 0 Å². The summed E-state index contributed by atoms with van der Waals surface area (Å²) in [5.41, 5.74) is 0. The predicted molar refractivity (Wildman–Crippen MR) is 45.2 cm³/mol. The number of carbonyl (C=O) groups is 1. The van der Waals surface area contributed by atoms with E-state index in [1.165, 1.54) is 0 Å². The molecule has 0 saturated heterocycles. The van der Waals surface area contributed by atoms with Crippen LogP contribution < -0.4 is 5.32 Å². The molecule has 0 aromatic heterocycles. The van der Waals surface area contributed by atoms with Gasteiger partial charge >= 0.3 is 0 Å². The van der Waals surface area contributed by atoms with Gasteiger partial charge in [0.05, 0.1) is 0 Å². The molecule has 0 aliphatic rings. The number of Topliss-reactive ketones (excluding diaryl/α,β-unsaturated/α-hetero) is 1. The number of rotatable bonds is 5. The SMILES string of the molecule is CCC(=O)CCNC(C)C.[HH]. The minimum absolute atomic E-state index is 0. The van der Waals surface area contributed by atoms with Gasteiger partial charge in [0.25, 0.3) is 0 Å². The predicted octanol–water partition coefficient (Wildman–Crippen LogP) is 1.60. The molecule has 0 heterocycles. The summed E-state index contributed by atoms with van der Waals surface area (Å²) >= 11 is 0. The third-order valence-electron chi connectivity index (χ3n) is 1.35. The van der Waals surface area contributed by atoms with Crippen molar-refractivity contribution in [2.75, 3.05) is 6.54 Å². The van der Waals surface area contributed by atoms with Crippen LogP contribution in [0.2, 0.25) is 0 Å². The molecular formula is C8H19NO. The molecule has 2 heteroatoms. The van der Waals surface area contributed by atoms with Crippen LogP contribution in [-0.2, 0) is 4.79 Å². The molecule has 10 heavy (non-hydrogen) atoms. The van der Waals surface area contributed by atoms with Gasteiger partial charge in [-0.3, -0.25) is 4.79 Å². The second-order valence-corrected chi connectivity index (χ2v) is 2.75. The molecule has 62 valence electrons. The van der Waals surface area contributed by atoms with Crippen LogP contribution in [0.4, 0.5) is 0 Å². The van der Waals surface area contributed by atoms with Crippen molar-refractivity contribution in [3.05, 3.63) is 0 Å². The Labute approximate surface area is 64.5 Å². The van der Waals surface area contributed by atoms with Gasteiger partial charge in [-0.1, -0.05) is 20.8 Å². The number of hydrogen-bond donors (Lipinski definition) is 1. The first kappa shape index (κ1) is 9.63. The highest BCUT2D eigenvalue weighted by Crippen LogP contribution is 1.87. The minimum atomic E-state index is 0. The van der Waals surface area contributed by atoms with E-state index in [0.717, 1.165) is 6.54 Å². The topological polar surface area (TPSA) is 29.1 Å². The Hall–Kier alpha value is -0.370. The van der Waals surface area contributed by atoms with Gasteiger partial charge in [-0.25, -0.2) is 0 Å². The Balaban J connectivity index is 0. The van der Waals surface area contributed by atoms with Gasteiger partial charge in [0.1, 0.15) is 5.78 Å². The molecule has 0 rings (SSSR count). The van der Waals surface area contributed by atoms with E-state index in [4.69, 9.17) is 0 Å². The average molecular weight is 145 g/mol. The van der Waals surface area contributed by atoms with Crippen molar-refractivity contribution in [2.45, 2.75) is 39.7 Å². The second-order valence-electron chi connectivity index (χ2n) is 2.75. The van der Waals surface area contributed by atoms with Crippen LogP contribution in [0.1, 0.15) is 35.0 Å². The molecule has 0 saturated carbocycles. The van der Waals surface area contributed by atoms with Crippen LogP contribution in [0.15, 0.2) is 0 Å². The zero-order chi connectivity index (χ0) is 7.98. The van der Waals surface area contributed by atoms with E-state index < -0.39 is 0 Å². The molecule has 0 aromatic carbocycles. The van der Waals surface area contributed by atoms with Crippen LogP contribution in [-0.4, -0.2) is 18.4 Å². The van der Waals surface area contributed by atoms with E-state index in [0.29, 0.717) is 24.7 Å². The van der Waals surface area contributed by atoms with Gasteiger partial charge in [-0.05, 0) is 0 Å². The highest BCUT2D eigenvalue weighted by molar-refractivity contribution is 5.78. The first-order valence-corrected chi connectivity index (χ1v) is 3.92. The molecule has 0 bridgehead atoms. The fraction of sp³-hybridized carbons (Fsp3) is 0.875. The molecular weight excluding hydrogens is 126 g/mol. The maximum atomic E-state index is 10.8. The van der Waals surface area contributed by atoms with E-state index >= 15 is 0 Å². The lowest BCUT2D eigenvalue weighted by Crippen LogP contribution is -2.25. The molecule has 0 aliphatic heterocycles. The molecule has 2 nitrogen and oxygen atoms in total.